The third-order valence-electron chi connectivity index (χ3n) is 4.39. The molecule has 0 radical (unpaired) electrons. The van der Waals surface area contributed by atoms with E-state index in [1.165, 1.54) is 43.1 Å². The van der Waals surface area contributed by atoms with Crippen LogP contribution in [-0.4, -0.2) is 32.9 Å². The zero-order valence-electron chi connectivity index (χ0n) is 16.9. The van der Waals surface area contributed by atoms with Crippen molar-refractivity contribution < 1.29 is 26.7 Å². The second-order valence-corrected chi connectivity index (χ2v) is 9.29. The minimum Gasteiger partial charge on any atom is -0.495 e. The number of nitrogens with zero attached hydrogens (tertiary/aromatic N) is 1. The zero-order chi connectivity index (χ0) is 22.6. The van der Waals surface area contributed by atoms with Crippen molar-refractivity contribution >= 4 is 38.6 Å². The average Bonchev–Trinajstić information content (AvgIpc) is 3.20. The summed E-state index contributed by atoms with van der Waals surface area (Å²) in [5.41, 5.74) is 1.24. The highest BCUT2D eigenvalue weighted by atomic mass is 32.2. The molecule has 0 bridgehead atoms. The molecular formula is C22H19FN2O5S2. The van der Waals surface area contributed by atoms with Gasteiger partial charge in [0, 0.05) is 5.75 Å². The van der Waals surface area contributed by atoms with Crippen molar-refractivity contribution in [2.24, 2.45) is 0 Å². The number of aromatic nitrogens is 1. The standard InChI is InChI=1S/C22H19FN2O5S2/c1-28-20-5-3-2-4-18(20)25-32(26,27)17-10-11-21-19(14-17)24-22(30-21)31-13-12-29-16-8-6-15(23)7-9-16/h2-11,14,25H,12-13H2,1H3. The number of ether oxygens (including phenoxy) is 2. The first-order valence-corrected chi connectivity index (χ1v) is 12.0. The molecule has 0 saturated carbocycles. The van der Waals surface area contributed by atoms with Gasteiger partial charge >= 0.3 is 0 Å². The van der Waals surface area contributed by atoms with E-state index in [-0.39, 0.29) is 10.7 Å². The fourth-order valence-electron chi connectivity index (χ4n) is 2.87. The Morgan fingerprint density at radius 2 is 1.88 bits per heavy atom. The molecule has 1 N–H and O–H groups in total. The molecule has 166 valence electrons. The Balaban J connectivity index is 1.42. The second kappa shape index (κ2) is 9.49. The first kappa shape index (κ1) is 22.0. The summed E-state index contributed by atoms with van der Waals surface area (Å²) in [4.78, 5) is 4.41. The van der Waals surface area contributed by atoms with E-state index in [0.29, 0.717) is 45.9 Å². The Morgan fingerprint density at radius 3 is 2.66 bits per heavy atom. The number of fused-ring (bicyclic) bond motifs is 1. The largest absolute Gasteiger partial charge is 0.495 e. The molecule has 32 heavy (non-hydrogen) atoms. The molecule has 1 aromatic heterocycles. The van der Waals surface area contributed by atoms with Gasteiger partial charge in [0.25, 0.3) is 15.2 Å². The van der Waals surface area contributed by atoms with Gasteiger partial charge in [0.1, 0.15) is 22.8 Å². The maximum Gasteiger partial charge on any atom is 0.262 e. The third kappa shape index (κ3) is 5.14. The van der Waals surface area contributed by atoms with Crippen molar-refractivity contribution in [3.05, 3.63) is 72.5 Å². The maximum atomic E-state index is 12.9. The van der Waals surface area contributed by atoms with Crippen LogP contribution < -0.4 is 14.2 Å². The lowest BCUT2D eigenvalue weighted by atomic mass is 10.3. The van der Waals surface area contributed by atoms with E-state index in [1.54, 1.807) is 42.5 Å². The van der Waals surface area contributed by atoms with Gasteiger partial charge in [-0.3, -0.25) is 4.72 Å². The normalized spacial score (nSPS) is 11.4. The molecule has 4 rings (SSSR count). The summed E-state index contributed by atoms with van der Waals surface area (Å²) in [6, 6.07) is 17.0. The van der Waals surface area contributed by atoms with E-state index in [9.17, 15) is 12.8 Å². The summed E-state index contributed by atoms with van der Waals surface area (Å²) in [6.07, 6.45) is 0. The summed E-state index contributed by atoms with van der Waals surface area (Å²) >= 11 is 1.33. The fourth-order valence-corrected chi connectivity index (χ4v) is 4.61. The SMILES string of the molecule is COc1ccccc1NS(=O)(=O)c1ccc2oc(SCCOc3ccc(F)cc3)nc2c1. The van der Waals surface area contributed by atoms with Gasteiger partial charge in [-0.15, -0.1) is 0 Å². The summed E-state index contributed by atoms with van der Waals surface area (Å²) in [5, 5.41) is 0.398. The summed E-state index contributed by atoms with van der Waals surface area (Å²) < 4.78 is 57.5. The van der Waals surface area contributed by atoms with Gasteiger partial charge in [-0.25, -0.2) is 17.8 Å². The lowest BCUT2D eigenvalue weighted by Gasteiger charge is -2.11. The van der Waals surface area contributed by atoms with Gasteiger partial charge < -0.3 is 13.9 Å². The molecule has 1 heterocycles. The molecule has 0 aliphatic heterocycles. The fraction of sp³-hybridized carbons (Fsp3) is 0.136. The van der Waals surface area contributed by atoms with Crippen LogP contribution in [0.25, 0.3) is 11.1 Å². The lowest BCUT2D eigenvalue weighted by molar-refractivity contribution is 0.342. The number of hydrogen-bond acceptors (Lipinski definition) is 7. The van der Waals surface area contributed by atoms with Crippen LogP contribution >= 0.6 is 11.8 Å². The molecule has 7 nitrogen and oxygen atoms in total. The number of rotatable bonds is 9. The van der Waals surface area contributed by atoms with Crippen LogP contribution in [0.4, 0.5) is 10.1 Å². The molecule has 4 aromatic rings. The summed E-state index contributed by atoms with van der Waals surface area (Å²) in [7, 11) is -2.38. The van der Waals surface area contributed by atoms with Crippen molar-refractivity contribution in [1.29, 1.82) is 0 Å². The maximum absolute atomic E-state index is 12.9. The molecule has 10 heteroatoms. The third-order valence-corrected chi connectivity index (χ3v) is 6.55. The number of nitrogens with one attached hydrogen (secondary N) is 1. The number of methoxy groups -OCH3 is 1. The van der Waals surface area contributed by atoms with Crippen molar-refractivity contribution in [3.63, 3.8) is 0 Å². The van der Waals surface area contributed by atoms with Crippen LogP contribution in [0.1, 0.15) is 0 Å². The molecule has 0 atom stereocenters. The number of anilines is 1. The minimum atomic E-state index is -3.85. The van der Waals surface area contributed by atoms with Gasteiger partial charge in [0.2, 0.25) is 0 Å². The van der Waals surface area contributed by atoms with Gasteiger partial charge in [-0.05, 0) is 54.6 Å². The predicted molar refractivity (Wildman–Crippen MR) is 120 cm³/mol. The Morgan fingerprint density at radius 1 is 1.09 bits per heavy atom. The lowest BCUT2D eigenvalue weighted by Crippen LogP contribution is -2.13. The molecule has 0 aliphatic rings. The van der Waals surface area contributed by atoms with E-state index in [0.717, 1.165) is 0 Å². The quantitative estimate of drug-likeness (QED) is 0.271. The first-order chi connectivity index (χ1) is 15.4. The van der Waals surface area contributed by atoms with Gasteiger partial charge in [-0.1, -0.05) is 23.9 Å². The Bertz CT molecular complexity index is 1320. The van der Waals surface area contributed by atoms with Gasteiger partial charge in [0.15, 0.2) is 5.58 Å². The molecule has 0 saturated heterocycles. The molecule has 0 unspecified atom stereocenters. The Labute approximate surface area is 188 Å². The smallest absolute Gasteiger partial charge is 0.262 e. The molecule has 0 spiro atoms. The monoisotopic (exact) mass is 474 g/mol. The second-order valence-electron chi connectivity index (χ2n) is 6.57. The average molecular weight is 475 g/mol. The number of para-hydroxylation sites is 2. The van der Waals surface area contributed by atoms with Gasteiger partial charge in [-0.2, -0.15) is 0 Å². The highest BCUT2D eigenvalue weighted by Gasteiger charge is 2.18. The number of oxazole rings is 1. The van der Waals surface area contributed by atoms with Crippen LogP contribution in [0.15, 0.2) is 81.3 Å². The van der Waals surface area contributed by atoms with E-state index in [2.05, 4.69) is 9.71 Å². The van der Waals surface area contributed by atoms with Crippen LogP contribution in [0.2, 0.25) is 0 Å². The highest BCUT2D eigenvalue weighted by molar-refractivity contribution is 7.99. The molecular weight excluding hydrogens is 455 g/mol. The molecule has 3 aromatic carbocycles. The first-order valence-electron chi connectivity index (χ1n) is 9.52. The van der Waals surface area contributed by atoms with E-state index >= 15 is 0 Å². The number of hydrogen-bond donors (Lipinski definition) is 1. The van der Waals surface area contributed by atoms with Crippen molar-refractivity contribution in [1.82, 2.24) is 4.98 Å². The number of sulfonamides is 1. The molecule has 0 aliphatic carbocycles. The van der Waals surface area contributed by atoms with E-state index in [1.807, 2.05) is 0 Å². The minimum absolute atomic E-state index is 0.0559. The predicted octanol–water partition coefficient (Wildman–Crippen LogP) is 4.95. The van der Waals surface area contributed by atoms with Gasteiger partial charge in [0.05, 0.1) is 24.3 Å². The Hall–Kier alpha value is -3.24. The summed E-state index contributed by atoms with van der Waals surface area (Å²) in [6.45, 7) is 0.373. The molecule has 0 fully saturated rings. The van der Waals surface area contributed by atoms with Crippen LogP contribution in [0, 0.1) is 5.82 Å². The molecule has 0 amide bonds. The van der Waals surface area contributed by atoms with Crippen LogP contribution in [0.5, 0.6) is 11.5 Å². The van der Waals surface area contributed by atoms with Crippen LogP contribution in [-0.2, 0) is 10.0 Å². The van der Waals surface area contributed by atoms with Crippen LogP contribution in [0.3, 0.4) is 0 Å². The highest BCUT2D eigenvalue weighted by Crippen LogP contribution is 2.29. The zero-order valence-corrected chi connectivity index (χ0v) is 18.6. The number of benzene rings is 3. The van der Waals surface area contributed by atoms with E-state index in [4.69, 9.17) is 13.9 Å². The number of thioether (sulfide) groups is 1. The number of halogens is 1. The summed E-state index contributed by atoms with van der Waals surface area (Å²) in [5.74, 6) is 1.21. The van der Waals surface area contributed by atoms with Crippen molar-refractivity contribution in [3.8, 4) is 11.5 Å². The Kier molecular flexibility index (Phi) is 6.52. The van der Waals surface area contributed by atoms with Crippen molar-refractivity contribution in [2.45, 2.75) is 10.1 Å². The van der Waals surface area contributed by atoms with Crippen molar-refractivity contribution in [2.75, 3.05) is 24.2 Å². The van der Waals surface area contributed by atoms with E-state index < -0.39 is 10.0 Å². The topological polar surface area (TPSA) is 90.7 Å².